The highest BCUT2D eigenvalue weighted by atomic mass is 79.9. The van der Waals surface area contributed by atoms with E-state index in [0.29, 0.717) is 32.8 Å². The van der Waals surface area contributed by atoms with E-state index in [1.54, 1.807) is 0 Å². The van der Waals surface area contributed by atoms with Crippen LogP contribution in [0.1, 0.15) is 19.4 Å². The number of aryl methyl sites for hydroxylation is 1. The first-order valence-electron chi connectivity index (χ1n) is 19.8. The van der Waals surface area contributed by atoms with E-state index in [1.807, 2.05) is 63.9 Å². The predicted octanol–water partition coefficient (Wildman–Crippen LogP) is 11.2. The minimum absolute atomic E-state index is 0.125. The lowest BCUT2D eigenvalue weighted by Crippen LogP contribution is -2.48. The number of aromatic nitrogens is 2. The number of anilines is 2. The van der Waals surface area contributed by atoms with E-state index < -0.39 is 62.1 Å². The Labute approximate surface area is 416 Å². The van der Waals surface area contributed by atoms with Gasteiger partial charge in [-0.3, -0.25) is 0 Å². The van der Waals surface area contributed by atoms with Gasteiger partial charge in [-0.1, -0.05) is 31.2 Å². The van der Waals surface area contributed by atoms with Crippen molar-refractivity contribution in [1.29, 1.82) is 0 Å². The number of sulfonamides is 2. The second-order valence-electron chi connectivity index (χ2n) is 14.4. The first-order chi connectivity index (χ1) is 30.9. The van der Waals surface area contributed by atoms with Crippen LogP contribution in [0.3, 0.4) is 0 Å². The Bertz CT molecular complexity index is 2850. The Morgan fingerprint density at radius 3 is 1.35 bits per heavy atom. The molecule has 2 aromatic heterocycles. The summed E-state index contributed by atoms with van der Waals surface area (Å²) >= 11 is 14.5. The third-order valence-corrected chi connectivity index (χ3v) is 19.4. The summed E-state index contributed by atoms with van der Waals surface area (Å²) in [7, 11) is -8.46. The number of thiazole rings is 2. The standard InChI is InChI=1S/C21H19Br2F2N3O3S2.C21H19Br2F2N3O2S2/c1-2-31-14-5-3-13(4-6-14)17-12-32-21(26-17)27-7-9-28(10-8-27)33(29,30)20-18(23)16(24)11-15(22)19(20)25;1-2-13-3-5-14(6-4-13)17-12-31-21(26-17)27-7-9-28(10-8-27)32(29,30)20-18(23)16(24)11-15(22)19(20)25/h3-6,11-12H,2,7-10H2,1H3;3-6,11-12H,2,7-10H2,1H3. The number of halogens is 8. The maximum atomic E-state index is 14.6. The summed E-state index contributed by atoms with van der Waals surface area (Å²) in [6, 6.07) is 17.7. The molecule has 2 aliphatic heterocycles. The van der Waals surface area contributed by atoms with Crippen molar-refractivity contribution in [3.63, 3.8) is 0 Å². The molecule has 4 heterocycles. The Morgan fingerprint density at radius 1 is 0.600 bits per heavy atom. The molecule has 346 valence electrons. The number of ether oxygens (including phenoxy) is 1. The summed E-state index contributed by atoms with van der Waals surface area (Å²) in [6.07, 6.45) is 0.975. The Hall–Kier alpha value is -3.00. The van der Waals surface area contributed by atoms with Gasteiger partial charge >= 0.3 is 0 Å². The molecule has 2 aliphatic rings. The first kappa shape index (κ1) is 49.9. The smallest absolute Gasteiger partial charge is 0.247 e. The molecule has 0 amide bonds. The quantitative estimate of drug-likeness (QED) is 0.0923. The van der Waals surface area contributed by atoms with E-state index in [-0.39, 0.29) is 35.1 Å². The molecular weight excluding hydrogens is 1190 g/mol. The van der Waals surface area contributed by atoms with Crippen molar-refractivity contribution in [3.05, 3.63) is 118 Å². The monoisotopic (exact) mass is 1230 g/mol. The molecule has 4 aromatic carbocycles. The molecule has 0 unspecified atom stereocenters. The van der Waals surface area contributed by atoms with Crippen LogP contribution in [-0.2, 0) is 26.5 Å². The number of hydrogen-bond acceptors (Lipinski definition) is 11. The van der Waals surface area contributed by atoms with Crippen LogP contribution in [0.2, 0.25) is 0 Å². The second-order valence-corrected chi connectivity index (χ2v) is 23.1. The van der Waals surface area contributed by atoms with Gasteiger partial charge in [0.1, 0.15) is 27.2 Å². The molecule has 0 bridgehead atoms. The van der Waals surface area contributed by atoms with Crippen molar-refractivity contribution in [3.8, 4) is 28.3 Å². The highest BCUT2D eigenvalue weighted by molar-refractivity contribution is 9.11. The zero-order chi connectivity index (χ0) is 46.8. The lowest BCUT2D eigenvalue weighted by Gasteiger charge is -2.34. The van der Waals surface area contributed by atoms with Crippen LogP contribution < -0.4 is 14.5 Å². The van der Waals surface area contributed by atoms with Gasteiger partial charge in [0.05, 0.1) is 35.9 Å². The summed E-state index contributed by atoms with van der Waals surface area (Å²) in [5.41, 5.74) is 4.94. The third-order valence-electron chi connectivity index (χ3n) is 10.5. The van der Waals surface area contributed by atoms with E-state index in [1.165, 1.54) is 36.8 Å². The number of benzene rings is 4. The van der Waals surface area contributed by atoms with Crippen molar-refractivity contribution in [2.45, 2.75) is 30.1 Å². The summed E-state index contributed by atoms with van der Waals surface area (Å²) in [5, 5.41) is 5.51. The largest absolute Gasteiger partial charge is 0.494 e. The molecule has 65 heavy (non-hydrogen) atoms. The molecule has 2 fully saturated rings. The normalized spacial score (nSPS) is 15.2. The minimum Gasteiger partial charge on any atom is -0.494 e. The van der Waals surface area contributed by atoms with Gasteiger partial charge in [0.15, 0.2) is 21.9 Å². The van der Waals surface area contributed by atoms with Gasteiger partial charge in [-0.2, -0.15) is 8.61 Å². The van der Waals surface area contributed by atoms with Crippen LogP contribution in [0, 0.1) is 23.3 Å². The topological polar surface area (TPSA) is 116 Å². The predicted molar refractivity (Wildman–Crippen MR) is 261 cm³/mol. The van der Waals surface area contributed by atoms with Crippen molar-refractivity contribution in [2.75, 3.05) is 68.8 Å². The lowest BCUT2D eigenvalue weighted by molar-refractivity contribution is 0.340. The van der Waals surface area contributed by atoms with Gasteiger partial charge < -0.3 is 14.5 Å². The lowest BCUT2D eigenvalue weighted by atomic mass is 10.1. The summed E-state index contributed by atoms with van der Waals surface area (Å²) in [6.45, 7) is 6.73. The third kappa shape index (κ3) is 10.8. The zero-order valence-electron chi connectivity index (χ0n) is 34.4. The molecule has 0 atom stereocenters. The van der Waals surface area contributed by atoms with Crippen LogP contribution >= 0.6 is 86.4 Å². The molecule has 0 aliphatic carbocycles. The fraction of sp³-hybridized carbons (Fsp3) is 0.286. The Morgan fingerprint density at radius 2 is 0.985 bits per heavy atom. The molecular formula is C42H38Br4F4N6O5S4. The van der Waals surface area contributed by atoms with Crippen LogP contribution in [-0.4, -0.2) is 94.4 Å². The highest BCUT2D eigenvalue weighted by Crippen LogP contribution is 2.38. The first-order valence-corrected chi connectivity index (χ1v) is 27.6. The Kier molecular flexibility index (Phi) is 16.2. The average Bonchev–Trinajstić information content (AvgIpc) is 4.00. The maximum Gasteiger partial charge on any atom is 0.247 e. The number of piperazine rings is 2. The van der Waals surface area contributed by atoms with E-state index in [0.717, 1.165) is 57.1 Å². The molecule has 0 saturated carbocycles. The van der Waals surface area contributed by atoms with Gasteiger partial charge in [-0.15, -0.1) is 22.7 Å². The molecule has 0 spiro atoms. The van der Waals surface area contributed by atoms with Crippen molar-refractivity contribution in [2.24, 2.45) is 0 Å². The van der Waals surface area contributed by atoms with Crippen molar-refractivity contribution >= 4 is 117 Å². The van der Waals surface area contributed by atoms with E-state index >= 15 is 0 Å². The molecule has 6 aromatic rings. The fourth-order valence-electron chi connectivity index (χ4n) is 6.94. The molecule has 8 rings (SSSR count). The molecule has 2 saturated heterocycles. The average molecular weight is 1230 g/mol. The number of rotatable bonds is 11. The van der Waals surface area contributed by atoms with Crippen LogP contribution in [0.25, 0.3) is 22.5 Å². The van der Waals surface area contributed by atoms with Crippen LogP contribution in [0.15, 0.2) is 99.1 Å². The summed E-state index contributed by atoms with van der Waals surface area (Å²) in [4.78, 5) is 12.0. The molecule has 0 radical (unpaired) electrons. The molecule has 0 N–H and O–H groups in total. The minimum atomic E-state index is -4.23. The maximum absolute atomic E-state index is 14.6. The fourth-order valence-corrected chi connectivity index (χ4v) is 14.7. The Balaban J connectivity index is 0.000000194. The zero-order valence-corrected chi connectivity index (χ0v) is 44.0. The van der Waals surface area contributed by atoms with Gasteiger partial charge in [0, 0.05) is 74.2 Å². The van der Waals surface area contributed by atoms with Crippen LogP contribution in [0.5, 0.6) is 5.75 Å². The van der Waals surface area contributed by atoms with E-state index in [4.69, 9.17) is 9.72 Å². The van der Waals surface area contributed by atoms with Crippen molar-refractivity contribution < 1.29 is 39.1 Å². The highest BCUT2D eigenvalue weighted by Gasteiger charge is 2.37. The van der Waals surface area contributed by atoms with E-state index in [2.05, 4.69) is 87.8 Å². The number of hydrogen-bond donors (Lipinski definition) is 0. The summed E-state index contributed by atoms with van der Waals surface area (Å²) < 4.78 is 116. The van der Waals surface area contributed by atoms with Gasteiger partial charge in [0.25, 0.3) is 0 Å². The molecule has 23 heteroatoms. The van der Waals surface area contributed by atoms with Gasteiger partial charge in [-0.05, 0) is 119 Å². The number of nitrogens with zero attached hydrogens (tertiary/aromatic N) is 6. The second kappa shape index (κ2) is 21.1. The summed E-state index contributed by atoms with van der Waals surface area (Å²) in [5.74, 6) is -2.95. The van der Waals surface area contributed by atoms with Crippen molar-refractivity contribution in [1.82, 2.24) is 18.6 Å². The van der Waals surface area contributed by atoms with Gasteiger partial charge in [-0.25, -0.2) is 44.4 Å². The molecule has 11 nitrogen and oxygen atoms in total. The van der Waals surface area contributed by atoms with E-state index in [9.17, 15) is 34.4 Å². The van der Waals surface area contributed by atoms with Crippen LogP contribution in [0.4, 0.5) is 27.8 Å². The SMILES string of the molecule is CCOc1ccc(-c2csc(N3CCN(S(=O)(=O)c4c(F)c(Br)cc(F)c4Br)CC3)n2)cc1.CCc1ccc(-c2csc(N3CCN(S(=O)(=O)c4c(F)c(Br)cc(F)c4Br)CC3)n2)cc1. The van der Waals surface area contributed by atoms with Gasteiger partial charge in [0.2, 0.25) is 20.0 Å².